The number of nitrogens with zero attached hydrogens (tertiary/aromatic N) is 2. The first-order chi connectivity index (χ1) is 16.0. The zero-order valence-corrected chi connectivity index (χ0v) is 20.6. The number of nitrogens with one attached hydrogen (secondary N) is 2. The fourth-order valence-electron chi connectivity index (χ4n) is 3.26. The number of phenolic OH excluding ortho intramolecular Hbond substituents is 2. The Hall–Kier alpha value is -2.86. The Kier molecular flexibility index (Phi) is 9.68. The van der Waals surface area contributed by atoms with Crippen molar-refractivity contribution in [3.05, 3.63) is 22.7 Å². The molecule has 1 aliphatic rings. The highest BCUT2D eigenvalue weighted by Gasteiger charge is 2.39. The Balaban J connectivity index is 1.68. The van der Waals surface area contributed by atoms with Gasteiger partial charge in [-0.1, -0.05) is 18.0 Å². The number of rotatable bonds is 12. The molecule has 1 aliphatic heterocycles. The number of likely N-dealkylation sites (tertiary alicyclic amines) is 1. The molecular formula is C21H29ClN4O7S. The predicted molar refractivity (Wildman–Crippen MR) is 127 cm³/mol. The lowest BCUT2D eigenvalue weighted by molar-refractivity contribution is -0.145. The van der Waals surface area contributed by atoms with Gasteiger partial charge in [0.05, 0.1) is 10.6 Å². The molecule has 0 bridgehead atoms. The first kappa shape index (κ1) is 27.4. The Bertz CT molecular complexity index is 1040. The molecule has 188 valence electrons. The molecular weight excluding hydrogens is 488 g/mol. The van der Waals surface area contributed by atoms with Crippen molar-refractivity contribution in [2.45, 2.75) is 56.7 Å². The summed E-state index contributed by atoms with van der Waals surface area (Å²) in [5.74, 6) is -1.98. The van der Waals surface area contributed by atoms with Gasteiger partial charge in [-0.2, -0.15) is 5.10 Å². The van der Waals surface area contributed by atoms with Crippen LogP contribution in [0.15, 0.2) is 17.2 Å². The normalized spacial score (nSPS) is 17.5. The highest BCUT2D eigenvalue weighted by atomic mass is 35.5. The second-order valence-corrected chi connectivity index (χ2v) is 10.3. The molecule has 1 heterocycles. The number of hydrazone groups is 1. The lowest BCUT2D eigenvalue weighted by Gasteiger charge is -2.41. The molecule has 3 amide bonds. The number of amides is 3. The minimum atomic E-state index is -2.93. The van der Waals surface area contributed by atoms with Crippen molar-refractivity contribution < 1.29 is 33.0 Å². The van der Waals surface area contributed by atoms with Crippen LogP contribution >= 0.6 is 11.6 Å². The molecule has 0 aromatic heterocycles. The third-order valence-corrected chi connectivity index (χ3v) is 6.94. The molecule has 1 aromatic carbocycles. The van der Waals surface area contributed by atoms with Gasteiger partial charge in [0.15, 0.2) is 22.2 Å². The van der Waals surface area contributed by atoms with Gasteiger partial charge >= 0.3 is 0 Å². The molecule has 1 saturated heterocycles. The number of hydrogen-bond donors (Lipinski definition) is 5. The number of thiol groups is 1. The standard InChI is InChI=1S/C21H29ClN4O7S/c1-13-10-17(29)26(13)12-21(2,34(32)33)11-24-25-16(28)6-4-3-5-9-23-20(31)14-7-8-15(27)19(30)18(14)22/h7-8,11,13,27,30,34H,3-6,9-10,12H2,1-2H3,(H,23,31)(H,25,28)/b24-11+/t13-,21+/m1/s1. The number of phenols is 2. The molecule has 1 fully saturated rings. The van der Waals surface area contributed by atoms with Gasteiger partial charge in [0.25, 0.3) is 5.91 Å². The predicted octanol–water partition coefficient (Wildman–Crippen LogP) is 1.13. The number of hydrogen-bond acceptors (Lipinski definition) is 8. The van der Waals surface area contributed by atoms with Gasteiger partial charge in [0.2, 0.25) is 11.8 Å². The number of carbonyl (C=O) groups is 3. The van der Waals surface area contributed by atoms with Crippen LogP contribution in [-0.4, -0.2) is 71.3 Å². The van der Waals surface area contributed by atoms with E-state index in [4.69, 9.17) is 11.6 Å². The highest BCUT2D eigenvalue weighted by molar-refractivity contribution is 7.75. The van der Waals surface area contributed by atoms with Gasteiger partial charge in [0.1, 0.15) is 4.75 Å². The fourth-order valence-corrected chi connectivity index (χ4v) is 3.93. The van der Waals surface area contributed by atoms with Gasteiger partial charge in [0, 0.05) is 38.2 Å². The highest BCUT2D eigenvalue weighted by Crippen LogP contribution is 2.35. The van der Waals surface area contributed by atoms with E-state index in [9.17, 15) is 33.0 Å². The summed E-state index contributed by atoms with van der Waals surface area (Å²) in [5, 5.41) is 25.1. The van der Waals surface area contributed by atoms with E-state index in [-0.39, 0.29) is 41.4 Å². The van der Waals surface area contributed by atoms with Crippen LogP contribution in [0.3, 0.4) is 0 Å². The van der Waals surface area contributed by atoms with Crippen LogP contribution in [0.5, 0.6) is 11.5 Å². The Morgan fingerprint density at radius 2 is 2.00 bits per heavy atom. The van der Waals surface area contributed by atoms with Gasteiger partial charge in [-0.25, -0.2) is 13.8 Å². The quantitative estimate of drug-likeness (QED) is 0.0693. The van der Waals surface area contributed by atoms with Crippen LogP contribution in [0.4, 0.5) is 0 Å². The zero-order valence-electron chi connectivity index (χ0n) is 18.9. The summed E-state index contributed by atoms with van der Waals surface area (Å²) in [7, 11) is -2.93. The van der Waals surface area contributed by atoms with E-state index in [2.05, 4.69) is 15.8 Å². The summed E-state index contributed by atoms with van der Waals surface area (Å²) >= 11 is 5.85. The van der Waals surface area contributed by atoms with Crippen molar-refractivity contribution >= 4 is 46.2 Å². The molecule has 2 rings (SSSR count). The monoisotopic (exact) mass is 516 g/mol. The second-order valence-electron chi connectivity index (χ2n) is 8.34. The number of β-lactam (4-membered cyclic amide) rings is 1. The molecule has 0 unspecified atom stereocenters. The molecule has 4 N–H and O–H groups in total. The molecule has 2 atom stereocenters. The Morgan fingerprint density at radius 3 is 2.62 bits per heavy atom. The van der Waals surface area contributed by atoms with Crippen molar-refractivity contribution in [1.29, 1.82) is 0 Å². The molecule has 0 saturated carbocycles. The summed E-state index contributed by atoms with van der Waals surface area (Å²) in [5.41, 5.74) is 2.34. The van der Waals surface area contributed by atoms with Crippen molar-refractivity contribution in [3.63, 3.8) is 0 Å². The average molecular weight is 517 g/mol. The fraction of sp³-hybridized carbons (Fsp3) is 0.524. The first-order valence-electron chi connectivity index (χ1n) is 10.7. The largest absolute Gasteiger partial charge is 0.504 e. The van der Waals surface area contributed by atoms with Crippen molar-refractivity contribution in [2.24, 2.45) is 5.10 Å². The Morgan fingerprint density at radius 1 is 1.29 bits per heavy atom. The number of halogens is 1. The van der Waals surface area contributed by atoms with E-state index in [1.165, 1.54) is 24.0 Å². The average Bonchev–Trinajstić information content (AvgIpc) is 2.78. The van der Waals surface area contributed by atoms with Crippen molar-refractivity contribution in [2.75, 3.05) is 13.1 Å². The number of aromatic hydroxyl groups is 2. The maximum Gasteiger partial charge on any atom is 0.252 e. The summed E-state index contributed by atoms with van der Waals surface area (Å²) in [6.45, 7) is 3.57. The minimum Gasteiger partial charge on any atom is -0.504 e. The molecule has 11 nitrogen and oxygen atoms in total. The third kappa shape index (κ3) is 7.07. The molecule has 0 spiro atoms. The summed E-state index contributed by atoms with van der Waals surface area (Å²) in [6.07, 6.45) is 3.41. The van der Waals surface area contributed by atoms with E-state index < -0.39 is 32.9 Å². The van der Waals surface area contributed by atoms with Crippen molar-refractivity contribution in [3.8, 4) is 11.5 Å². The first-order valence-corrected chi connectivity index (χ1v) is 12.3. The van der Waals surface area contributed by atoms with Crippen LogP contribution < -0.4 is 10.7 Å². The van der Waals surface area contributed by atoms with Crippen LogP contribution in [0.25, 0.3) is 0 Å². The van der Waals surface area contributed by atoms with E-state index in [1.54, 1.807) is 0 Å². The molecule has 1 aromatic rings. The lowest BCUT2D eigenvalue weighted by atomic mass is 10.0. The molecule has 34 heavy (non-hydrogen) atoms. The van der Waals surface area contributed by atoms with Crippen LogP contribution in [0.1, 0.15) is 56.3 Å². The van der Waals surface area contributed by atoms with Crippen LogP contribution in [0, 0.1) is 0 Å². The summed E-state index contributed by atoms with van der Waals surface area (Å²) < 4.78 is 22.0. The van der Waals surface area contributed by atoms with E-state index in [1.807, 2.05) is 6.92 Å². The maximum absolute atomic E-state index is 12.1. The summed E-state index contributed by atoms with van der Waals surface area (Å²) in [4.78, 5) is 37.2. The van der Waals surface area contributed by atoms with Crippen LogP contribution in [-0.2, 0) is 20.3 Å². The smallest absolute Gasteiger partial charge is 0.252 e. The minimum absolute atomic E-state index is 0.0221. The van der Waals surface area contributed by atoms with E-state index in [0.29, 0.717) is 32.2 Å². The SMILES string of the molecule is C[C@@H]1CC(=O)N1C[C@](C)(/C=N/NC(=O)CCCCCNC(=O)c1ccc(O)c(O)c1Cl)[SH](=O)=O. The van der Waals surface area contributed by atoms with Crippen molar-refractivity contribution in [1.82, 2.24) is 15.6 Å². The van der Waals surface area contributed by atoms with E-state index in [0.717, 1.165) is 6.21 Å². The topological polar surface area (TPSA) is 165 Å². The number of benzene rings is 1. The van der Waals surface area contributed by atoms with Gasteiger partial charge in [-0.15, -0.1) is 0 Å². The van der Waals surface area contributed by atoms with Gasteiger partial charge in [-0.3, -0.25) is 14.4 Å². The lowest BCUT2D eigenvalue weighted by Crippen LogP contribution is -2.57. The van der Waals surface area contributed by atoms with E-state index >= 15 is 0 Å². The second kappa shape index (κ2) is 12.0. The molecule has 0 aliphatic carbocycles. The van der Waals surface area contributed by atoms with Gasteiger partial charge < -0.3 is 20.4 Å². The third-order valence-electron chi connectivity index (χ3n) is 5.47. The maximum atomic E-state index is 12.1. The summed E-state index contributed by atoms with van der Waals surface area (Å²) in [6, 6.07) is 2.44. The van der Waals surface area contributed by atoms with Gasteiger partial charge in [-0.05, 0) is 38.8 Å². The number of carbonyl (C=O) groups excluding carboxylic acids is 3. The Labute approximate surface area is 204 Å². The van der Waals surface area contributed by atoms with Crippen LogP contribution in [0.2, 0.25) is 5.02 Å². The number of unbranched alkanes of at least 4 members (excludes halogenated alkanes) is 2. The zero-order chi connectivity index (χ0) is 25.5. The molecule has 0 radical (unpaired) electrons. The molecule has 13 heteroatoms.